The fraction of sp³-hybridized carbons (Fsp3) is 0.261. The second-order valence-electron chi connectivity index (χ2n) is 6.88. The summed E-state index contributed by atoms with van der Waals surface area (Å²) >= 11 is 0. The molecule has 0 atom stereocenters. The quantitative estimate of drug-likeness (QED) is 0.598. The third kappa shape index (κ3) is 4.64. The van der Waals surface area contributed by atoms with Gasteiger partial charge >= 0.3 is 0 Å². The zero-order chi connectivity index (χ0) is 20.8. The molecule has 148 valence electrons. The number of carbonyl (C=O) groups is 1. The molecule has 2 N–H and O–H groups in total. The molecule has 1 amide bonds. The van der Waals surface area contributed by atoms with Crippen molar-refractivity contribution in [3.05, 3.63) is 64.7 Å². The summed E-state index contributed by atoms with van der Waals surface area (Å²) in [5.41, 5.74) is 4.14. The van der Waals surface area contributed by atoms with E-state index < -0.39 is 0 Å². The van der Waals surface area contributed by atoms with Crippen molar-refractivity contribution in [2.75, 3.05) is 25.5 Å². The van der Waals surface area contributed by atoms with Crippen LogP contribution >= 0.6 is 0 Å². The highest BCUT2D eigenvalue weighted by atomic mass is 16.5. The summed E-state index contributed by atoms with van der Waals surface area (Å²) in [5, 5.41) is 16.6. The van der Waals surface area contributed by atoms with E-state index in [1.807, 2.05) is 32.0 Å². The maximum atomic E-state index is 12.3. The zero-order valence-electron chi connectivity index (χ0n) is 16.9. The molecule has 0 aliphatic carbocycles. The van der Waals surface area contributed by atoms with Crippen molar-refractivity contribution >= 4 is 22.6 Å². The topological polar surface area (TPSA) is 87.0 Å². The van der Waals surface area contributed by atoms with Crippen LogP contribution in [-0.2, 0) is 0 Å². The van der Waals surface area contributed by atoms with Gasteiger partial charge in [-0.15, -0.1) is 0 Å². The number of hydrogen-bond donors (Lipinski definition) is 2. The first-order valence-corrected chi connectivity index (χ1v) is 9.50. The fourth-order valence-corrected chi connectivity index (χ4v) is 3.27. The van der Waals surface area contributed by atoms with Crippen LogP contribution in [0.15, 0.2) is 42.5 Å². The van der Waals surface area contributed by atoms with Gasteiger partial charge in [0.15, 0.2) is 0 Å². The van der Waals surface area contributed by atoms with Crippen LogP contribution in [0.5, 0.6) is 5.75 Å². The first-order chi connectivity index (χ1) is 14.0. The number of aromatic nitrogens is 1. The molecule has 1 heterocycles. The lowest BCUT2D eigenvalue weighted by molar-refractivity contribution is 0.0950. The number of aryl methyl sites for hydroxylation is 2. The number of amides is 1. The largest absolute Gasteiger partial charge is 0.496 e. The van der Waals surface area contributed by atoms with Crippen LogP contribution in [0.2, 0.25) is 0 Å². The number of pyridine rings is 1. The monoisotopic (exact) mass is 388 g/mol. The van der Waals surface area contributed by atoms with Crippen LogP contribution in [0.3, 0.4) is 0 Å². The second-order valence-corrected chi connectivity index (χ2v) is 6.88. The smallest absolute Gasteiger partial charge is 0.255 e. The number of methoxy groups -OCH3 is 1. The Balaban J connectivity index is 1.60. The van der Waals surface area contributed by atoms with E-state index in [1.54, 1.807) is 25.3 Å². The Kier molecular flexibility index (Phi) is 6.30. The normalized spacial score (nSPS) is 10.4. The minimum Gasteiger partial charge on any atom is -0.496 e. The number of nitrogens with one attached hydrogen (secondary N) is 2. The first kappa shape index (κ1) is 20.2. The van der Waals surface area contributed by atoms with Crippen LogP contribution in [0.4, 0.5) is 5.82 Å². The average Bonchev–Trinajstić information content (AvgIpc) is 2.72. The number of nitriles is 1. The number of para-hydroxylation sites is 1. The fourth-order valence-electron chi connectivity index (χ4n) is 3.27. The molecule has 2 aromatic carbocycles. The summed E-state index contributed by atoms with van der Waals surface area (Å²) in [6.07, 6.45) is 0.693. The van der Waals surface area contributed by atoms with Crippen molar-refractivity contribution in [1.82, 2.24) is 10.3 Å². The van der Waals surface area contributed by atoms with Gasteiger partial charge in [-0.2, -0.15) is 5.26 Å². The number of ether oxygens (including phenoxy) is 1. The molecule has 0 saturated heterocycles. The molecule has 0 aliphatic rings. The van der Waals surface area contributed by atoms with Gasteiger partial charge in [0.25, 0.3) is 5.91 Å². The van der Waals surface area contributed by atoms with Crippen molar-refractivity contribution in [2.24, 2.45) is 0 Å². The maximum Gasteiger partial charge on any atom is 0.255 e. The molecule has 6 nitrogen and oxygen atoms in total. The Morgan fingerprint density at radius 1 is 1.17 bits per heavy atom. The minimum atomic E-state index is -0.171. The first-order valence-electron chi connectivity index (χ1n) is 9.50. The van der Waals surface area contributed by atoms with E-state index in [2.05, 4.69) is 27.8 Å². The minimum absolute atomic E-state index is 0.171. The molecular weight excluding hydrogens is 364 g/mol. The van der Waals surface area contributed by atoms with Crippen LogP contribution < -0.4 is 15.4 Å². The molecule has 3 aromatic rings. The van der Waals surface area contributed by atoms with Crippen LogP contribution in [0.1, 0.15) is 33.5 Å². The third-order valence-electron chi connectivity index (χ3n) is 4.69. The zero-order valence-corrected chi connectivity index (χ0v) is 16.9. The van der Waals surface area contributed by atoms with Gasteiger partial charge in [-0.1, -0.05) is 18.2 Å². The van der Waals surface area contributed by atoms with Gasteiger partial charge in [0, 0.05) is 18.5 Å². The number of anilines is 1. The lowest BCUT2D eigenvalue weighted by atomic mass is 10.0. The van der Waals surface area contributed by atoms with Crippen LogP contribution in [-0.4, -0.2) is 31.1 Å². The van der Waals surface area contributed by atoms with Gasteiger partial charge in [0.1, 0.15) is 17.6 Å². The standard InChI is InChI=1S/C23H24N4O2/c1-15-11-16(2)19-13-17(14-24)22(27-20(19)12-15)25-9-6-10-26-23(28)18-7-4-5-8-21(18)29-3/h4-5,7-8,11-13H,6,9-10H2,1-3H3,(H,25,27)(H,26,28). The van der Waals surface area contributed by atoms with Gasteiger partial charge in [-0.25, -0.2) is 4.98 Å². The maximum absolute atomic E-state index is 12.3. The van der Waals surface area contributed by atoms with E-state index in [9.17, 15) is 10.1 Å². The van der Waals surface area contributed by atoms with Crippen LogP contribution in [0.25, 0.3) is 10.9 Å². The molecular formula is C23H24N4O2. The second kappa shape index (κ2) is 9.07. The Labute approximate surface area is 170 Å². The van der Waals surface area contributed by atoms with E-state index in [-0.39, 0.29) is 5.91 Å². The molecule has 0 fully saturated rings. The summed E-state index contributed by atoms with van der Waals surface area (Å²) in [5.74, 6) is 0.948. The number of benzene rings is 2. The summed E-state index contributed by atoms with van der Waals surface area (Å²) < 4.78 is 5.22. The lowest BCUT2D eigenvalue weighted by Crippen LogP contribution is -2.26. The van der Waals surface area contributed by atoms with E-state index in [0.29, 0.717) is 42.2 Å². The van der Waals surface area contributed by atoms with Gasteiger partial charge in [-0.05, 0) is 55.7 Å². The van der Waals surface area contributed by atoms with Gasteiger partial charge < -0.3 is 15.4 Å². The van der Waals surface area contributed by atoms with Crippen molar-refractivity contribution < 1.29 is 9.53 Å². The van der Waals surface area contributed by atoms with E-state index >= 15 is 0 Å². The lowest BCUT2D eigenvalue weighted by Gasteiger charge is -2.12. The molecule has 3 rings (SSSR count). The molecule has 0 radical (unpaired) electrons. The van der Waals surface area contributed by atoms with E-state index in [0.717, 1.165) is 22.0 Å². The molecule has 0 bridgehead atoms. The Bertz CT molecular complexity index is 1090. The average molecular weight is 388 g/mol. The molecule has 0 unspecified atom stereocenters. The number of carbonyl (C=O) groups excluding carboxylic acids is 1. The highest BCUT2D eigenvalue weighted by molar-refractivity contribution is 5.96. The molecule has 0 saturated carbocycles. The van der Waals surface area contributed by atoms with Crippen molar-refractivity contribution in [1.29, 1.82) is 5.26 Å². The van der Waals surface area contributed by atoms with Gasteiger partial charge in [0.2, 0.25) is 0 Å². The number of nitrogens with zero attached hydrogens (tertiary/aromatic N) is 2. The summed E-state index contributed by atoms with van der Waals surface area (Å²) in [4.78, 5) is 16.9. The molecule has 6 heteroatoms. The van der Waals surface area contributed by atoms with Crippen molar-refractivity contribution in [3.63, 3.8) is 0 Å². The molecule has 0 spiro atoms. The number of fused-ring (bicyclic) bond motifs is 1. The predicted molar refractivity (Wildman–Crippen MR) is 114 cm³/mol. The molecule has 0 aliphatic heterocycles. The SMILES string of the molecule is COc1ccccc1C(=O)NCCCNc1nc2cc(C)cc(C)c2cc1C#N. The summed E-state index contributed by atoms with van der Waals surface area (Å²) in [7, 11) is 1.54. The molecule has 1 aromatic heterocycles. The molecule has 29 heavy (non-hydrogen) atoms. The highest BCUT2D eigenvalue weighted by Gasteiger charge is 2.11. The summed E-state index contributed by atoms with van der Waals surface area (Å²) in [6, 6.07) is 15.3. The van der Waals surface area contributed by atoms with E-state index in [4.69, 9.17) is 4.74 Å². The number of hydrogen-bond acceptors (Lipinski definition) is 5. The number of rotatable bonds is 7. The Hall–Kier alpha value is -3.59. The van der Waals surface area contributed by atoms with Gasteiger partial charge in [-0.3, -0.25) is 4.79 Å². The predicted octanol–water partition coefficient (Wildman–Crippen LogP) is 3.96. The Morgan fingerprint density at radius 3 is 2.72 bits per heavy atom. The van der Waals surface area contributed by atoms with E-state index in [1.165, 1.54) is 0 Å². The van der Waals surface area contributed by atoms with Crippen molar-refractivity contribution in [3.8, 4) is 11.8 Å². The third-order valence-corrected chi connectivity index (χ3v) is 4.69. The summed E-state index contributed by atoms with van der Waals surface area (Å²) in [6.45, 7) is 5.14. The van der Waals surface area contributed by atoms with Crippen LogP contribution in [0, 0.1) is 25.2 Å². The van der Waals surface area contributed by atoms with Gasteiger partial charge in [0.05, 0.1) is 23.8 Å². The Morgan fingerprint density at radius 2 is 1.97 bits per heavy atom. The highest BCUT2D eigenvalue weighted by Crippen LogP contribution is 2.24. The van der Waals surface area contributed by atoms with Crippen molar-refractivity contribution in [2.45, 2.75) is 20.3 Å².